The van der Waals surface area contributed by atoms with Gasteiger partial charge in [0.2, 0.25) is 11.8 Å². The third kappa shape index (κ3) is 4.77. The summed E-state index contributed by atoms with van der Waals surface area (Å²) in [5.74, 6) is 1.96. The Kier molecular flexibility index (Phi) is 6.21. The molecule has 6 fully saturated rings. The first-order valence-corrected chi connectivity index (χ1v) is 14.9. The van der Waals surface area contributed by atoms with Gasteiger partial charge in [-0.2, -0.15) is 13.8 Å². The van der Waals surface area contributed by atoms with Crippen LogP contribution in [0.4, 0.5) is 19.0 Å². The van der Waals surface area contributed by atoms with E-state index >= 15 is 0 Å². The van der Waals surface area contributed by atoms with Crippen molar-refractivity contribution in [2.75, 3.05) is 11.4 Å². The zero-order chi connectivity index (χ0) is 30.3. The summed E-state index contributed by atoms with van der Waals surface area (Å²) in [7, 11) is 0. The van der Waals surface area contributed by atoms with Gasteiger partial charge < -0.3 is 9.26 Å². The highest BCUT2D eigenvalue weighted by Gasteiger charge is 2.73. The summed E-state index contributed by atoms with van der Waals surface area (Å²) in [5, 5.41) is 4.40. The fraction of sp³-hybridized carbons (Fsp3) is 0.613. The highest BCUT2D eigenvalue weighted by molar-refractivity contribution is 6.00. The average Bonchev–Trinajstić information content (AvgIpc) is 3.47. The van der Waals surface area contributed by atoms with Gasteiger partial charge in [-0.1, -0.05) is 25.9 Å². The zero-order valence-electron chi connectivity index (χ0n) is 24.6. The van der Waals surface area contributed by atoms with E-state index in [1.165, 1.54) is 12.4 Å². The van der Waals surface area contributed by atoms with Gasteiger partial charge in [-0.05, 0) is 75.3 Å². The first-order valence-electron chi connectivity index (χ1n) is 14.9. The molecule has 0 atom stereocenters. The molecule has 6 aliphatic rings. The Labute approximate surface area is 247 Å². The Morgan fingerprint density at radius 2 is 1.70 bits per heavy atom. The number of aromatic nitrogens is 5. The van der Waals surface area contributed by atoms with Crippen LogP contribution >= 0.6 is 0 Å². The van der Waals surface area contributed by atoms with Crippen molar-refractivity contribution in [2.24, 2.45) is 10.8 Å². The summed E-state index contributed by atoms with van der Waals surface area (Å²) in [6.07, 6.45) is 10.2. The highest BCUT2D eigenvalue weighted by atomic mass is 19.3. The number of rotatable bonds is 8. The number of fused-ring (bicyclic) bond motifs is 3. The lowest BCUT2D eigenvalue weighted by atomic mass is 9.41. The first-order chi connectivity index (χ1) is 20.3. The second-order valence-corrected chi connectivity index (χ2v) is 14.3. The fourth-order valence-corrected chi connectivity index (χ4v) is 7.68. The van der Waals surface area contributed by atoms with E-state index in [1.54, 1.807) is 23.2 Å². The SMILES string of the molecule is CC(C)(C)c1nc(C23CCC(CN(C(=O)C45CC(F)(C4)C5)c4cc(-c5ncc(OC(F)F)cn5)ccn4)(CC2)CC3)no1. The van der Waals surface area contributed by atoms with E-state index in [2.05, 4.69) is 45.6 Å². The lowest BCUT2D eigenvalue weighted by Crippen LogP contribution is -2.71. The minimum atomic E-state index is -2.97. The highest BCUT2D eigenvalue weighted by Crippen LogP contribution is 2.70. The van der Waals surface area contributed by atoms with Crippen molar-refractivity contribution < 1.29 is 27.2 Å². The molecule has 12 heteroatoms. The van der Waals surface area contributed by atoms with Crippen molar-refractivity contribution in [2.45, 2.75) is 102 Å². The molecule has 1 amide bonds. The second kappa shape index (κ2) is 9.46. The molecule has 0 aromatic carbocycles. The number of carbonyl (C=O) groups is 1. The van der Waals surface area contributed by atoms with Gasteiger partial charge in [0, 0.05) is 29.1 Å². The molecule has 0 unspecified atom stereocenters. The van der Waals surface area contributed by atoms with E-state index in [0.29, 0.717) is 29.6 Å². The maximum atomic E-state index is 14.5. The van der Waals surface area contributed by atoms with Crippen LogP contribution in [0.2, 0.25) is 0 Å². The third-order valence-electron chi connectivity index (χ3n) is 10.2. The van der Waals surface area contributed by atoms with Crippen LogP contribution in [-0.4, -0.2) is 49.8 Å². The fourth-order valence-electron chi connectivity index (χ4n) is 7.68. The zero-order valence-corrected chi connectivity index (χ0v) is 24.6. The normalized spacial score (nSPS) is 31.0. The summed E-state index contributed by atoms with van der Waals surface area (Å²) >= 11 is 0. The summed E-state index contributed by atoms with van der Waals surface area (Å²) in [6, 6.07) is 3.45. The number of amides is 1. The van der Waals surface area contributed by atoms with Gasteiger partial charge in [0.15, 0.2) is 17.4 Å². The molecule has 0 aliphatic heterocycles. The van der Waals surface area contributed by atoms with E-state index in [4.69, 9.17) is 9.51 Å². The Bertz CT molecular complexity index is 1510. The van der Waals surface area contributed by atoms with E-state index < -0.39 is 17.7 Å². The predicted molar refractivity (Wildman–Crippen MR) is 149 cm³/mol. The number of nitrogens with zero attached hydrogens (tertiary/aromatic N) is 6. The Hall–Kier alpha value is -3.57. The van der Waals surface area contributed by atoms with Gasteiger partial charge in [-0.3, -0.25) is 9.69 Å². The number of anilines is 1. The van der Waals surface area contributed by atoms with Gasteiger partial charge >= 0.3 is 6.61 Å². The maximum Gasteiger partial charge on any atom is 0.387 e. The number of hydrogen-bond acceptors (Lipinski definition) is 8. The molecule has 6 aliphatic carbocycles. The van der Waals surface area contributed by atoms with Gasteiger partial charge in [0.05, 0.1) is 17.8 Å². The van der Waals surface area contributed by atoms with Crippen molar-refractivity contribution in [3.05, 3.63) is 42.4 Å². The molecule has 3 aromatic heterocycles. The molecule has 43 heavy (non-hydrogen) atoms. The molecule has 228 valence electrons. The summed E-state index contributed by atoms with van der Waals surface area (Å²) in [6.45, 7) is 3.69. The number of ether oxygens (including phenoxy) is 1. The molecule has 4 bridgehead atoms. The van der Waals surface area contributed by atoms with E-state index in [9.17, 15) is 18.0 Å². The lowest BCUT2D eigenvalue weighted by molar-refractivity contribution is -0.211. The molecule has 9 rings (SSSR count). The van der Waals surface area contributed by atoms with Crippen molar-refractivity contribution >= 4 is 11.7 Å². The van der Waals surface area contributed by atoms with Crippen molar-refractivity contribution in [3.8, 4) is 17.1 Å². The molecular formula is C31H35F3N6O3. The lowest BCUT2D eigenvalue weighted by Gasteiger charge is -2.65. The second-order valence-electron chi connectivity index (χ2n) is 14.3. The smallest absolute Gasteiger partial charge is 0.387 e. The Balaban J connectivity index is 1.14. The minimum absolute atomic E-state index is 0.0805. The van der Waals surface area contributed by atoms with Gasteiger partial charge in [0.1, 0.15) is 11.5 Å². The van der Waals surface area contributed by atoms with Crippen LogP contribution in [0.5, 0.6) is 5.75 Å². The van der Waals surface area contributed by atoms with Crippen LogP contribution < -0.4 is 9.64 Å². The third-order valence-corrected chi connectivity index (χ3v) is 10.2. The summed E-state index contributed by atoms with van der Waals surface area (Å²) in [5.41, 5.74) is -1.74. The average molecular weight is 597 g/mol. The van der Waals surface area contributed by atoms with E-state index in [0.717, 1.165) is 44.3 Å². The van der Waals surface area contributed by atoms with E-state index in [-0.39, 0.29) is 47.2 Å². The Morgan fingerprint density at radius 3 is 2.26 bits per heavy atom. The van der Waals surface area contributed by atoms with Gasteiger partial charge in [0.25, 0.3) is 0 Å². The predicted octanol–water partition coefficient (Wildman–Crippen LogP) is 6.34. The molecule has 9 nitrogen and oxygen atoms in total. The molecule has 0 N–H and O–H groups in total. The topological polar surface area (TPSA) is 107 Å². The van der Waals surface area contributed by atoms with Crippen LogP contribution in [0.15, 0.2) is 35.2 Å². The van der Waals surface area contributed by atoms with E-state index in [1.807, 2.05) is 0 Å². The molecule has 0 saturated heterocycles. The summed E-state index contributed by atoms with van der Waals surface area (Å²) in [4.78, 5) is 33.6. The van der Waals surface area contributed by atoms with Crippen molar-refractivity contribution in [1.82, 2.24) is 25.1 Å². The van der Waals surface area contributed by atoms with Crippen LogP contribution in [0.25, 0.3) is 11.4 Å². The molecule has 6 saturated carbocycles. The standard InChI is InChI=1S/C31H35F3N6O3/c1-27(2,3)24-38-23(39-43-24)29-8-5-28(6-9-29,7-10-29)18-40(25(41)30-15-31(34,16-30)17-30)21-12-19(4-11-35-21)22-36-13-20(14-37-22)42-26(32)33/h4,11-14,26H,5-10,15-18H2,1-3H3. The van der Waals surface area contributed by atoms with Crippen LogP contribution in [0.3, 0.4) is 0 Å². The quantitative estimate of drug-likeness (QED) is 0.297. The van der Waals surface area contributed by atoms with Crippen LogP contribution in [-0.2, 0) is 15.6 Å². The molecule has 3 aromatic rings. The van der Waals surface area contributed by atoms with Crippen molar-refractivity contribution in [1.29, 1.82) is 0 Å². The Morgan fingerprint density at radius 1 is 1.05 bits per heavy atom. The molecule has 0 spiro atoms. The number of carbonyl (C=O) groups excluding carboxylic acids is 1. The van der Waals surface area contributed by atoms with Gasteiger partial charge in [-0.25, -0.2) is 19.3 Å². The minimum Gasteiger partial charge on any atom is -0.432 e. The molecular weight excluding hydrogens is 561 g/mol. The van der Waals surface area contributed by atoms with Gasteiger partial charge in [-0.15, -0.1) is 0 Å². The summed E-state index contributed by atoms with van der Waals surface area (Å²) < 4.78 is 49.7. The van der Waals surface area contributed by atoms with Crippen LogP contribution in [0, 0.1) is 10.8 Å². The number of alkyl halides is 3. The number of halogens is 3. The monoisotopic (exact) mass is 596 g/mol. The van der Waals surface area contributed by atoms with Crippen molar-refractivity contribution in [3.63, 3.8) is 0 Å². The molecule has 0 radical (unpaired) electrons. The maximum absolute atomic E-state index is 14.5. The number of pyridine rings is 1. The first kappa shape index (κ1) is 28.2. The largest absolute Gasteiger partial charge is 0.432 e. The number of hydrogen-bond donors (Lipinski definition) is 0. The molecule has 3 heterocycles. The van der Waals surface area contributed by atoms with Crippen LogP contribution in [0.1, 0.15) is 90.3 Å².